The average molecular weight is 328 g/mol. The highest BCUT2D eigenvalue weighted by molar-refractivity contribution is 9.10. The molecule has 1 saturated carbocycles. The molecule has 3 nitrogen and oxygen atoms in total. The molecule has 1 aromatic carbocycles. The first kappa shape index (κ1) is 14.8. The molecule has 2 atom stereocenters. The number of benzene rings is 1. The van der Waals surface area contributed by atoms with Gasteiger partial charge in [-0.2, -0.15) is 0 Å². The Hall–Kier alpha value is -0.580. The first-order valence-electron chi connectivity index (χ1n) is 6.88. The smallest absolute Gasteiger partial charge is 0.134 e. The zero-order chi connectivity index (χ0) is 13.9. The topological polar surface area (TPSA) is 52.5 Å². The highest BCUT2D eigenvalue weighted by atomic mass is 79.9. The zero-order valence-electron chi connectivity index (χ0n) is 11.3. The average Bonchev–Trinajstić information content (AvgIpc) is 2.38. The minimum atomic E-state index is -0.218. The Bertz CT molecular complexity index is 438. The number of aliphatic hydroxyl groups is 1. The molecular formula is C15H22BrNO2. The van der Waals surface area contributed by atoms with Crippen molar-refractivity contribution >= 4 is 15.9 Å². The molecule has 4 heteroatoms. The summed E-state index contributed by atoms with van der Waals surface area (Å²) in [4.78, 5) is 0. The molecule has 1 aromatic rings. The van der Waals surface area contributed by atoms with Gasteiger partial charge >= 0.3 is 0 Å². The van der Waals surface area contributed by atoms with Gasteiger partial charge < -0.3 is 15.5 Å². The SMILES string of the molecule is CC1(CNCc2cccc(Br)c2O)CCCCC1O. The van der Waals surface area contributed by atoms with E-state index in [2.05, 4.69) is 28.2 Å². The summed E-state index contributed by atoms with van der Waals surface area (Å²) >= 11 is 3.32. The van der Waals surface area contributed by atoms with Gasteiger partial charge in [-0.05, 0) is 34.8 Å². The van der Waals surface area contributed by atoms with Crippen LogP contribution in [-0.4, -0.2) is 22.9 Å². The minimum Gasteiger partial charge on any atom is -0.506 e. The standard InChI is InChI=1S/C15H22BrNO2/c1-15(8-3-2-7-13(15)18)10-17-9-11-5-4-6-12(16)14(11)19/h4-6,13,17-19H,2-3,7-10H2,1H3. The van der Waals surface area contributed by atoms with E-state index < -0.39 is 0 Å². The van der Waals surface area contributed by atoms with Gasteiger partial charge in [-0.3, -0.25) is 0 Å². The van der Waals surface area contributed by atoms with Crippen LogP contribution < -0.4 is 5.32 Å². The molecule has 2 unspecified atom stereocenters. The first-order valence-corrected chi connectivity index (χ1v) is 7.67. The fourth-order valence-electron chi connectivity index (χ4n) is 2.77. The number of para-hydroxylation sites is 1. The van der Waals surface area contributed by atoms with E-state index >= 15 is 0 Å². The Kier molecular flexibility index (Phi) is 4.87. The first-order chi connectivity index (χ1) is 9.03. The van der Waals surface area contributed by atoms with Gasteiger partial charge in [-0.25, -0.2) is 0 Å². The molecule has 0 bridgehead atoms. The number of aromatic hydroxyl groups is 1. The third-order valence-corrected chi connectivity index (χ3v) is 4.83. The van der Waals surface area contributed by atoms with E-state index in [-0.39, 0.29) is 11.5 Å². The molecule has 0 heterocycles. The van der Waals surface area contributed by atoms with Crippen LogP contribution in [0.3, 0.4) is 0 Å². The molecule has 1 aliphatic carbocycles. The van der Waals surface area contributed by atoms with Crippen molar-refractivity contribution in [2.24, 2.45) is 5.41 Å². The number of aliphatic hydroxyl groups excluding tert-OH is 1. The van der Waals surface area contributed by atoms with E-state index in [1.54, 1.807) is 0 Å². The van der Waals surface area contributed by atoms with Crippen LogP contribution in [0.5, 0.6) is 5.75 Å². The number of phenols is 1. The van der Waals surface area contributed by atoms with Gasteiger partial charge in [0.05, 0.1) is 10.6 Å². The molecule has 0 aliphatic heterocycles. The molecule has 1 aliphatic rings. The number of hydrogen-bond acceptors (Lipinski definition) is 3. The zero-order valence-corrected chi connectivity index (χ0v) is 12.9. The van der Waals surface area contributed by atoms with Gasteiger partial charge in [0, 0.05) is 24.1 Å². The fraction of sp³-hybridized carbons (Fsp3) is 0.600. The minimum absolute atomic E-state index is 0.0418. The van der Waals surface area contributed by atoms with Crippen molar-refractivity contribution < 1.29 is 10.2 Å². The largest absolute Gasteiger partial charge is 0.506 e. The number of rotatable bonds is 4. The number of halogens is 1. The van der Waals surface area contributed by atoms with E-state index in [1.165, 1.54) is 6.42 Å². The van der Waals surface area contributed by atoms with Crippen molar-refractivity contribution in [2.75, 3.05) is 6.54 Å². The third kappa shape index (κ3) is 3.50. The number of hydrogen-bond donors (Lipinski definition) is 3. The van der Waals surface area contributed by atoms with Crippen molar-refractivity contribution in [3.63, 3.8) is 0 Å². The summed E-state index contributed by atoms with van der Waals surface area (Å²) in [6, 6.07) is 5.65. The predicted molar refractivity (Wildman–Crippen MR) is 80.1 cm³/mol. The van der Waals surface area contributed by atoms with Crippen LogP contribution in [0.1, 0.15) is 38.2 Å². The Balaban J connectivity index is 1.91. The van der Waals surface area contributed by atoms with Crippen molar-refractivity contribution in [3.8, 4) is 5.75 Å². The van der Waals surface area contributed by atoms with E-state index in [1.807, 2.05) is 18.2 Å². The lowest BCUT2D eigenvalue weighted by Gasteiger charge is -2.38. The maximum absolute atomic E-state index is 10.1. The van der Waals surface area contributed by atoms with Gasteiger partial charge in [0.1, 0.15) is 5.75 Å². The molecular weight excluding hydrogens is 306 g/mol. The molecule has 106 valence electrons. The van der Waals surface area contributed by atoms with Crippen LogP contribution in [0.15, 0.2) is 22.7 Å². The number of nitrogens with one attached hydrogen (secondary N) is 1. The lowest BCUT2D eigenvalue weighted by atomic mass is 9.73. The van der Waals surface area contributed by atoms with Gasteiger partial charge in [0.25, 0.3) is 0 Å². The summed E-state index contributed by atoms with van der Waals surface area (Å²) in [5, 5.41) is 23.4. The van der Waals surface area contributed by atoms with Crippen molar-refractivity contribution in [1.82, 2.24) is 5.32 Å². The van der Waals surface area contributed by atoms with Crippen LogP contribution >= 0.6 is 15.9 Å². The predicted octanol–water partition coefficient (Wildman–Crippen LogP) is 3.19. The van der Waals surface area contributed by atoms with Crippen LogP contribution in [0.25, 0.3) is 0 Å². The van der Waals surface area contributed by atoms with E-state index in [9.17, 15) is 10.2 Å². The van der Waals surface area contributed by atoms with Crippen LogP contribution in [-0.2, 0) is 6.54 Å². The van der Waals surface area contributed by atoms with Crippen LogP contribution in [0.4, 0.5) is 0 Å². The monoisotopic (exact) mass is 327 g/mol. The van der Waals surface area contributed by atoms with Gasteiger partial charge in [-0.15, -0.1) is 0 Å². The molecule has 2 rings (SSSR count). The third-order valence-electron chi connectivity index (χ3n) is 4.19. The normalized spacial score (nSPS) is 27.4. The second-order valence-electron chi connectivity index (χ2n) is 5.77. The summed E-state index contributed by atoms with van der Waals surface area (Å²) < 4.78 is 0.718. The Morgan fingerprint density at radius 2 is 2.21 bits per heavy atom. The van der Waals surface area contributed by atoms with Gasteiger partial charge in [0.2, 0.25) is 0 Å². The molecule has 3 N–H and O–H groups in total. The maximum Gasteiger partial charge on any atom is 0.134 e. The molecule has 0 aromatic heterocycles. The van der Waals surface area contributed by atoms with Crippen molar-refractivity contribution in [2.45, 2.75) is 45.3 Å². The molecule has 0 saturated heterocycles. The molecule has 19 heavy (non-hydrogen) atoms. The summed E-state index contributed by atoms with van der Waals surface area (Å²) in [6.45, 7) is 3.54. The summed E-state index contributed by atoms with van der Waals surface area (Å²) in [7, 11) is 0. The maximum atomic E-state index is 10.1. The molecule has 1 fully saturated rings. The fourth-order valence-corrected chi connectivity index (χ4v) is 3.18. The quantitative estimate of drug-likeness (QED) is 0.796. The molecule has 0 spiro atoms. The van der Waals surface area contributed by atoms with E-state index in [4.69, 9.17) is 0 Å². The highest BCUT2D eigenvalue weighted by Gasteiger charge is 2.34. The van der Waals surface area contributed by atoms with Gasteiger partial charge in [0.15, 0.2) is 0 Å². The molecule has 0 amide bonds. The summed E-state index contributed by atoms with van der Waals surface area (Å²) in [5.41, 5.74) is 0.836. The Labute approximate surface area is 123 Å². The summed E-state index contributed by atoms with van der Waals surface area (Å²) in [6.07, 6.45) is 4.07. The second kappa shape index (κ2) is 6.25. The summed E-state index contributed by atoms with van der Waals surface area (Å²) in [5.74, 6) is 0.296. The van der Waals surface area contributed by atoms with Gasteiger partial charge in [-0.1, -0.05) is 31.9 Å². The Morgan fingerprint density at radius 1 is 1.42 bits per heavy atom. The van der Waals surface area contributed by atoms with Crippen molar-refractivity contribution in [1.29, 1.82) is 0 Å². The van der Waals surface area contributed by atoms with E-state index in [0.717, 1.165) is 35.8 Å². The van der Waals surface area contributed by atoms with Crippen LogP contribution in [0.2, 0.25) is 0 Å². The van der Waals surface area contributed by atoms with Crippen molar-refractivity contribution in [3.05, 3.63) is 28.2 Å². The Morgan fingerprint density at radius 3 is 2.95 bits per heavy atom. The lowest BCUT2D eigenvalue weighted by molar-refractivity contribution is 0.00113. The number of phenolic OH excluding ortho intramolecular Hbond substituents is 1. The van der Waals surface area contributed by atoms with E-state index in [0.29, 0.717) is 12.3 Å². The highest BCUT2D eigenvalue weighted by Crippen LogP contribution is 2.35. The van der Waals surface area contributed by atoms with Crippen LogP contribution in [0, 0.1) is 5.41 Å². The second-order valence-corrected chi connectivity index (χ2v) is 6.62. The lowest BCUT2D eigenvalue weighted by Crippen LogP contribution is -2.43. The molecule has 0 radical (unpaired) electrons.